The van der Waals surface area contributed by atoms with Crippen LogP contribution in [0.2, 0.25) is 0 Å². The van der Waals surface area contributed by atoms with Gasteiger partial charge in [0.15, 0.2) is 0 Å². The molecule has 1 unspecified atom stereocenters. The first-order valence-corrected chi connectivity index (χ1v) is 5.15. The van der Waals surface area contributed by atoms with Crippen LogP contribution in [0.25, 0.3) is 0 Å². The van der Waals surface area contributed by atoms with Gasteiger partial charge in [-0.3, -0.25) is 4.68 Å². The number of hydrogen-bond acceptors (Lipinski definition) is 2. The van der Waals surface area contributed by atoms with Crippen LogP contribution in [0.4, 0.5) is 4.39 Å². The maximum absolute atomic E-state index is 12.7. The van der Waals surface area contributed by atoms with Crippen LogP contribution < -0.4 is 5.73 Å². The van der Waals surface area contributed by atoms with E-state index in [0.29, 0.717) is 6.42 Å². The highest BCUT2D eigenvalue weighted by molar-refractivity contribution is 5.19. The Morgan fingerprint density at radius 2 is 2.00 bits per heavy atom. The summed E-state index contributed by atoms with van der Waals surface area (Å²) >= 11 is 0. The number of nitrogens with zero attached hydrogens (tertiary/aromatic N) is 2. The van der Waals surface area contributed by atoms with E-state index in [1.54, 1.807) is 23.0 Å². The molecule has 0 aliphatic heterocycles. The molecule has 0 aliphatic rings. The molecular formula is C12H14FN3. The number of benzene rings is 1. The summed E-state index contributed by atoms with van der Waals surface area (Å²) in [6, 6.07) is 8.19. The first kappa shape index (κ1) is 10.8. The summed E-state index contributed by atoms with van der Waals surface area (Å²) < 4.78 is 14.5. The van der Waals surface area contributed by atoms with Crippen LogP contribution in [-0.4, -0.2) is 9.78 Å². The Kier molecular flexibility index (Phi) is 3.01. The Labute approximate surface area is 93.7 Å². The molecule has 0 aliphatic carbocycles. The second kappa shape index (κ2) is 4.45. The molecule has 0 amide bonds. The van der Waals surface area contributed by atoms with Crippen molar-refractivity contribution in [3.63, 3.8) is 0 Å². The van der Waals surface area contributed by atoms with Crippen molar-refractivity contribution >= 4 is 0 Å². The molecule has 1 aromatic heterocycles. The third kappa shape index (κ3) is 2.28. The molecule has 0 radical (unpaired) electrons. The normalized spacial score (nSPS) is 12.7. The Bertz CT molecular complexity index is 461. The molecule has 0 fully saturated rings. The molecule has 0 bridgehead atoms. The van der Waals surface area contributed by atoms with Gasteiger partial charge in [-0.05, 0) is 30.2 Å². The Balaban J connectivity index is 2.10. The number of halogens is 1. The largest absolute Gasteiger partial charge is 0.322 e. The van der Waals surface area contributed by atoms with Crippen LogP contribution in [0.15, 0.2) is 36.5 Å². The van der Waals surface area contributed by atoms with Crippen molar-refractivity contribution in [1.29, 1.82) is 0 Å². The van der Waals surface area contributed by atoms with Crippen LogP contribution in [0.3, 0.4) is 0 Å². The zero-order valence-electron chi connectivity index (χ0n) is 9.10. The second-order valence-corrected chi connectivity index (χ2v) is 3.82. The first-order chi connectivity index (χ1) is 7.66. The minimum atomic E-state index is -0.224. The molecule has 1 aromatic carbocycles. The maximum atomic E-state index is 12.7. The molecule has 3 nitrogen and oxygen atoms in total. The Morgan fingerprint density at radius 3 is 2.56 bits per heavy atom. The molecule has 16 heavy (non-hydrogen) atoms. The van der Waals surface area contributed by atoms with Crippen LogP contribution in [-0.2, 0) is 13.5 Å². The molecule has 0 saturated carbocycles. The van der Waals surface area contributed by atoms with Crippen molar-refractivity contribution in [3.8, 4) is 0 Å². The third-order valence-electron chi connectivity index (χ3n) is 2.61. The van der Waals surface area contributed by atoms with Gasteiger partial charge in [-0.2, -0.15) is 5.10 Å². The fourth-order valence-electron chi connectivity index (χ4n) is 1.73. The lowest BCUT2D eigenvalue weighted by molar-refractivity contribution is 0.611. The van der Waals surface area contributed by atoms with Crippen molar-refractivity contribution in [2.45, 2.75) is 12.5 Å². The van der Waals surface area contributed by atoms with E-state index in [4.69, 9.17) is 5.73 Å². The summed E-state index contributed by atoms with van der Waals surface area (Å²) in [5, 5.41) is 4.07. The van der Waals surface area contributed by atoms with Gasteiger partial charge in [-0.25, -0.2) is 4.39 Å². The van der Waals surface area contributed by atoms with Crippen molar-refractivity contribution in [1.82, 2.24) is 9.78 Å². The highest BCUT2D eigenvalue weighted by atomic mass is 19.1. The van der Waals surface area contributed by atoms with Crippen LogP contribution in [0, 0.1) is 5.82 Å². The van der Waals surface area contributed by atoms with Crippen LogP contribution in [0.1, 0.15) is 17.3 Å². The van der Waals surface area contributed by atoms with Gasteiger partial charge in [-0.15, -0.1) is 0 Å². The summed E-state index contributed by atoms with van der Waals surface area (Å²) in [7, 11) is 1.86. The zero-order valence-corrected chi connectivity index (χ0v) is 9.10. The standard InChI is InChI=1S/C12H14FN3/c1-16-12(6-7-15-16)11(14)8-9-2-4-10(13)5-3-9/h2-7,11H,8,14H2,1H3. The van der Waals surface area contributed by atoms with E-state index in [1.807, 2.05) is 13.1 Å². The van der Waals surface area contributed by atoms with Crippen LogP contribution >= 0.6 is 0 Å². The SMILES string of the molecule is Cn1nccc1C(N)Cc1ccc(F)cc1. The second-order valence-electron chi connectivity index (χ2n) is 3.82. The summed E-state index contributed by atoms with van der Waals surface area (Å²) in [4.78, 5) is 0. The van der Waals surface area contributed by atoms with Gasteiger partial charge in [-0.1, -0.05) is 12.1 Å². The van der Waals surface area contributed by atoms with Gasteiger partial charge in [0, 0.05) is 13.2 Å². The van der Waals surface area contributed by atoms with E-state index < -0.39 is 0 Å². The van der Waals surface area contributed by atoms with Gasteiger partial charge >= 0.3 is 0 Å². The van der Waals surface area contributed by atoms with Gasteiger partial charge in [0.1, 0.15) is 5.82 Å². The Morgan fingerprint density at radius 1 is 1.31 bits per heavy atom. The lowest BCUT2D eigenvalue weighted by atomic mass is 10.0. The zero-order chi connectivity index (χ0) is 11.5. The van der Waals surface area contributed by atoms with Crippen molar-refractivity contribution in [2.24, 2.45) is 12.8 Å². The number of aromatic nitrogens is 2. The van der Waals surface area contributed by atoms with E-state index in [1.165, 1.54) is 12.1 Å². The predicted octanol–water partition coefficient (Wildman–Crippen LogP) is 1.80. The van der Waals surface area contributed by atoms with Crippen molar-refractivity contribution < 1.29 is 4.39 Å². The van der Waals surface area contributed by atoms with E-state index in [-0.39, 0.29) is 11.9 Å². The number of nitrogens with two attached hydrogens (primary N) is 1. The van der Waals surface area contributed by atoms with E-state index >= 15 is 0 Å². The Hall–Kier alpha value is -1.68. The van der Waals surface area contributed by atoms with Crippen molar-refractivity contribution in [3.05, 3.63) is 53.6 Å². The molecule has 2 N–H and O–H groups in total. The highest BCUT2D eigenvalue weighted by Crippen LogP contribution is 2.15. The average Bonchev–Trinajstić information content (AvgIpc) is 2.68. The first-order valence-electron chi connectivity index (χ1n) is 5.15. The van der Waals surface area contributed by atoms with Gasteiger partial charge in [0.05, 0.1) is 11.7 Å². The van der Waals surface area contributed by atoms with Crippen LogP contribution in [0.5, 0.6) is 0 Å². The minimum absolute atomic E-state index is 0.113. The van der Waals surface area contributed by atoms with Gasteiger partial charge in [0.25, 0.3) is 0 Å². The predicted molar refractivity (Wildman–Crippen MR) is 60.2 cm³/mol. The molecule has 1 atom stereocenters. The van der Waals surface area contributed by atoms with Crippen molar-refractivity contribution in [2.75, 3.05) is 0 Å². The van der Waals surface area contributed by atoms with Gasteiger partial charge in [0.2, 0.25) is 0 Å². The molecule has 2 rings (SSSR count). The fraction of sp³-hybridized carbons (Fsp3) is 0.250. The number of hydrogen-bond donors (Lipinski definition) is 1. The molecule has 4 heteroatoms. The summed E-state index contributed by atoms with van der Waals surface area (Å²) in [5.74, 6) is -0.224. The summed E-state index contributed by atoms with van der Waals surface area (Å²) in [6.07, 6.45) is 2.40. The average molecular weight is 219 g/mol. The summed E-state index contributed by atoms with van der Waals surface area (Å²) in [5.41, 5.74) is 8.06. The van der Waals surface area contributed by atoms with Gasteiger partial charge < -0.3 is 5.73 Å². The molecular weight excluding hydrogens is 205 g/mol. The van der Waals surface area contributed by atoms with E-state index in [9.17, 15) is 4.39 Å². The summed E-state index contributed by atoms with van der Waals surface area (Å²) in [6.45, 7) is 0. The molecule has 84 valence electrons. The lowest BCUT2D eigenvalue weighted by Gasteiger charge is -2.11. The molecule has 0 spiro atoms. The fourth-order valence-corrected chi connectivity index (χ4v) is 1.73. The molecule has 1 heterocycles. The molecule has 0 saturated heterocycles. The monoisotopic (exact) mass is 219 g/mol. The topological polar surface area (TPSA) is 43.8 Å². The number of aryl methyl sites for hydroxylation is 1. The third-order valence-corrected chi connectivity index (χ3v) is 2.61. The quantitative estimate of drug-likeness (QED) is 0.855. The van der Waals surface area contributed by atoms with E-state index in [2.05, 4.69) is 5.10 Å². The minimum Gasteiger partial charge on any atom is -0.322 e. The highest BCUT2D eigenvalue weighted by Gasteiger charge is 2.10. The van der Waals surface area contributed by atoms with E-state index in [0.717, 1.165) is 11.3 Å². The smallest absolute Gasteiger partial charge is 0.123 e. The lowest BCUT2D eigenvalue weighted by Crippen LogP contribution is -2.17. The maximum Gasteiger partial charge on any atom is 0.123 e. The molecule has 2 aromatic rings. The number of rotatable bonds is 3.